The first-order chi connectivity index (χ1) is 29.3. The zero-order valence-electron chi connectivity index (χ0n) is 34.4. The molecule has 2 aromatic carbocycles. The highest BCUT2D eigenvalue weighted by molar-refractivity contribution is 6.05. The lowest BCUT2D eigenvalue weighted by molar-refractivity contribution is -0.263. The quantitative estimate of drug-likeness (QED) is 0.170. The van der Waals surface area contributed by atoms with Gasteiger partial charge in [0, 0.05) is 56.7 Å². The van der Waals surface area contributed by atoms with Crippen LogP contribution in [0.5, 0.6) is 0 Å². The van der Waals surface area contributed by atoms with Gasteiger partial charge in [-0.15, -0.1) is 0 Å². The van der Waals surface area contributed by atoms with E-state index in [1.54, 1.807) is 64.3 Å². The number of alkyl halides is 6. The van der Waals surface area contributed by atoms with Gasteiger partial charge in [0.05, 0.1) is 64.5 Å². The highest BCUT2D eigenvalue weighted by Gasteiger charge is 2.56. The molecule has 23 heteroatoms. The number of benzene rings is 2. The summed E-state index contributed by atoms with van der Waals surface area (Å²) >= 11 is 0. The van der Waals surface area contributed by atoms with Gasteiger partial charge < -0.3 is 34.7 Å². The number of carbonyl (C=O) groups excluding carboxylic acids is 1. The van der Waals surface area contributed by atoms with Gasteiger partial charge in [0.1, 0.15) is 5.69 Å². The average molecular weight is 883 g/mol. The molecule has 0 saturated carbocycles. The van der Waals surface area contributed by atoms with E-state index in [1.807, 2.05) is 12.1 Å². The van der Waals surface area contributed by atoms with Gasteiger partial charge >= 0.3 is 18.3 Å². The molecule has 4 aromatic heterocycles. The molecule has 4 N–H and O–H groups in total. The summed E-state index contributed by atoms with van der Waals surface area (Å²) < 4.78 is 83.9. The monoisotopic (exact) mass is 882 g/mol. The zero-order chi connectivity index (χ0) is 46.6. The Balaban J connectivity index is 0.000000174. The van der Waals surface area contributed by atoms with Crippen molar-refractivity contribution in [2.75, 3.05) is 13.1 Å². The average Bonchev–Trinajstić information content (AvgIpc) is 3.99. The number of nitrogens with zero attached hydrogens (tertiary/aromatic N) is 11. The molecule has 2 aliphatic heterocycles. The zero-order valence-corrected chi connectivity index (χ0v) is 34.4. The van der Waals surface area contributed by atoms with Gasteiger partial charge in [-0.05, 0) is 64.1 Å². The summed E-state index contributed by atoms with van der Waals surface area (Å²) in [6, 6.07) is 12.9. The van der Waals surface area contributed by atoms with Crippen LogP contribution in [0.4, 0.5) is 26.3 Å². The first kappa shape index (κ1) is 45.7. The van der Waals surface area contributed by atoms with Crippen molar-refractivity contribution in [1.82, 2.24) is 48.9 Å². The lowest BCUT2D eigenvalue weighted by atomic mass is 10.0. The lowest BCUT2D eigenvalue weighted by Gasteiger charge is -2.36. The van der Waals surface area contributed by atoms with Crippen LogP contribution in [0, 0.1) is 22.7 Å². The van der Waals surface area contributed by atoms with Crippen LogP contribution in [0.3, 0.4) is 0 Å². The minimum absolute atomic E-state index is 0.0348. The van der Waals surface area contributed by atoms with Crippen LogP contribution in [0.25, 0.3) is 21.8 Å². The SMILES string of the molecule is C[C@H]1CN(C(=O)c2c3ccc(C#N)cc3nn2C)Cc2cnc([C@@](C)(O)C(F)(F)F)n21.C[C@H]1CNCc2cnc([C@@](C)(O)C(F)(F)F)n21.Cn1nc2cc(C#N)ccc2c1C(=O)O. The molecule has 332 valence electrons. The van der Waals surface area contributed by atoms with Crippen molar-refractivity contribution >= 4 is 33.7 Å². The number of carboxylic acids is 1. The number of aliphatic hydroxyl groups is 2. The Bertz CT molecular complexity index is 2820. The Morgan fingerprint density at radius 2 is 1.22 bits per heavy atom. The molecule has 17 nitrogen and oxygen atoms in total. The molecule has 8 rings (SSSR count). The predicted octanol–water partition coefficient (Wildman–Crippen LogP) is 5.09. The number of fused-ring (bicyclic) bond motifs is 4. The Kier molecular flexibility index (Phi) is 11.9. The summed E-state index contributed by atoms with van der Waals surface area (Å²) in [4.78, 5) is 33.3. The van der Waals surface area contributed by atoms with E-state index in [0.717, 1.165) is 6.92 Å². The topological polar surface area (TPSA) is 229 Å². The molecule has 4 atom stereocenters. The van der Waals surface area contributed by atoms with Crippen LogP contribution in [-0.4, -0.2) is 96.2 Å². The number of imidazole rings is 2. The third-order valence-corrected chi connectivity index (χ3v) is 10.8. The number of aromatic nitrogens is 8. The number of nitrogens with one attached hydrogen (secondary N) is 1. The van der Waals surface area contributed by atoms with Crippen LogP contribution in [0.2, 0.25) is 0 Å². The standard InChI is InChI=1S/C20H19F3N6O2.C10H14F3N3O.C10H7N3O2/c1-11-9-28(10-13-8-25-18(29(11)13)19(2,31)20(21,22)23)17(30)16-14-5-4-12(7-24)6-15(14)26-27(16)3;1-6-3-14-4-7-5-15-8(16(6)7)9(2,17)10(11,12)13;1-13-9(10(14)15)7-3-2-6(5-11)4-8(7)12-13/h4-6,8,11,31H,9-10H2,1-3H3;5-6,14,17H,3-4H2,1-2H3;2-4H,1H3,(H,14,15)/t11-,19+;6-,9+;/m00./s1. The number of hydrogen-bond acceptors (Lipinski definition) is 11. The first-order valence-electron chi connectivity index (χ1n) is 19.0. The van der Waals surface area contributed by atoms with E-state index in [9.17, 15) is 46.1 Å². The first-order valence-corrected chi connectivity index (χ1v) is 19.0. The maximum absolute atomic E-state index is 13.3. The highest BCUT2D eigenvalue weighted by Crippen LogP contribution is 2.41. The minimum Gasteiger partial charge on any atom is -0.477 e. The van der Waals surface area contributed by atoms with Crippen molar-refractivity contribution in [1.29, 1.82) is 10.5 Å². The second kappa shape index (κ2) is 16.5. The van der Waals surface area contributed by atoms with Crippen molar-refractivity contribution in [3.8, 4) is 12.1 Å². The third kappa shape index (κ3) is 8.29. The third-order valence-electron chi connectivity index (χ3n) is 10.8. The maximum atomic E-state index is 13.3. The highest BCUT2D eigenvalue weighted by atomic mass is 19.4. The fourth-order valence-corrected chi connectivity index (χ4v) is 7.51. The lowest BCUT2D eigenvalue weighted by Crippen LogP contribution is -2.46. The van der Waals surface area contributed by atoms with E-state index in [4.69, 9.17) is 15.6 Å². The van der Waals surface area contributed by atoms with Gasteiger partial charge in [0.15, 0.2) is 17.3 Å². The summed E-state index contributed by atoms with van der Waals surface area (Å²) in [5, 5.41) is 59.0. The molecule has 1 amide bonds. The van der Waals surface area contributed by atoms with Gasteiger partial charge in [0.25, 0.3) is 5.91 Å². The fourth-order valence-electron chi connectivity index (χ4n) is 7.51. The number of hydrogen-bond donors (Lipinski definition) is 4. The van der Waals surface area contributed by atoms with Crippen LogP contribution in [0.1, 0.15) is 94.9 Å². The van der Waals surface area contributed by atoms with Crippen molar-refractivity contribution in [3.05, 3.63) is 94.3 Å². The normalized spacial score (nSPS) is 18.1. The number of aryl methyl sites for hydroxylation is 2. The molecule has 63 heavy (non-hydrogen) atoms. The molecule has 6 heterocycles. The molecule has 0 bridgehead atoms. The number of rotatable bonds is 4. The predicted molar refractivity (Wildman–Crippen MR) is 209 cm³/mol. The maximum Gasteiger partial charge on any atom is 0.424 e. The number of amides is 1. The number of halogens is 6. The van der Waals surface area contributed by atoms with E-state index in [-0.39, 0.29) is 36.6 Å². The second-order valence-electron chi connectivity index (χ2n) is 15.5. The van der Waals surface area contributed by atoms with Crippen LogP contribution in [0.15, 0.2) is 48.8 Å². The Morgan fingerprint density at radius 1 is 0.762 bits per heavy atom. The van der Waals surface area contributed by atoms with Crippen molar-refractivity contribution < 1.29 is 51.3 Å². The van der Waals surface area contributed by atoms with Gasteiger partial charge in [0.2, 0.25) is 11.2 Å². The van der Waals surface area contributed by atoms with Gasteiger partial charge in [-0.2, -0.15) is 47.1 Å². The van der Waals surface area contributed by atoms with E-state index in [0.29, 0.717) is 70.0 Å². The van der Waals surface area contributed by atoms with Crippen LogP contribution < -0.4 is 5.32 Å². The molecule has 6 aromatic rings. The van der Waals surface area contributed by atoms with E-state index in [2.05, 4.69) is 25.5 Å². The Hall–Kier alpha value is -6.82. The molecule has 0 unspecified atom stereocenters. The Morgan fingerprint density at radius 3 is 1.70 bits per heavy atom. The fraction of sp³-hybridized carbons (Fsp3) is 0.400. The summed E-state index contributed by atoms with van der Waals surface area (Å²) in [5.41, 5.74) is -2.61. The Labute approximate surface area is 354 Å². The second-order valence-corrected chi connectivity index (χ2v) is 15.5. The summed E-state index contributed by atoms with van der Waals surface area (Å²) in [7, 11) is 3.19. The largest absolute Gasteiger partial charge is 0.477 e. The molecular weight excluding hydrogens is 843 g/mol. The van der Waals surface area contributed by atoms with E-state index < -0.39 is 41.4 Å². The molecular formula is C40H40F6N12O5. The molecule has 0 aliphatic carbocycles. The molecule has 0 saturated heterocycles. The molecule has 0 spiro atoms. The summed E-state index contributed by atoms with van der Waals surface area (Å²) in [5.74, 6) is -2.19. The summed E-state index contributed by atoms with van der Waals surface area (Å²) in [6.45, 7) is 6.05. The van der Waals surface area contributed by atoms with E-state index >= 15 is 0 Å². The molecule has 2 aliphatic rings. The number of carboxylic acid groups (broad SMARTS) is 1. The van der Waals surface area contributed by atoms with E-state index in [1.165, 1.54) is 35.8 Å². The van der Waals surface area contributed by atoms with Crippen LogP contribution >= 0.6 is 0 Å². The number of carbonyl (C=O) groups is 2. The van der Waals surface area contributed by atoms with Crippen molar-refractivity contribution in [2.45, 2.75) is 76.4 Å². The molecule has 0 fully saturated rings. The minimum atomic E-state index is -4.89. The number of aromatic carboxylic acids is 1. The smallest absolute Gasteiger partial charge is 0.424 e. The van der Waals surface area contributed by atoms with Gasteiger partial charge in [-0.1, -0.05) is 0 Å². The van der Waals surface area contributed by atoms with Gasteiger partial charge in [-0.3, -0.25) is 14.2 Å². The van der Waals surface area contributed by atoms with Crippen molar-refractivity contribution in [2.24, 2.45) is 14.1 Å². The van der Waals surface area contributed by atoms with Crippen LogP contribution in [-0.2, 0) is 38.4 Å². The van der Waals surface area contributed by atoms with Gasteiger partial charge in [-0.25, -0.2) is 14.8 Å². The summed E-state index contributed by atoms with van der Waals surface area (Å²) in [6.07, 6.45) is -7.00. The van der Waals surface area contributed by atoms with Crippen molar-refractivity contribution in [3.63, 3.8) is 0 Å². The molecule has 0 radical (unpaired) electrons. The number of nitriles is 2.